The van der Waals surface area contributed by atoms with E-state index in [1.165, 1.54) is 0 Å². The average Bonchev–Trinajstić information content (AvgIpc) is 3.18. The van der Waals surface area contributed by atoms with E-state index in [1.54, 1.807) is 0 Å². The molecule has 10 N–H and O–H groups in total. The predicted molar refractivity (Wildman–Crippen MR) is 109 cm³/mol. The zero-order valence-electron chi connectivity index (χ0n) is 17.0. The minimum atomic E-state index is -5.66. The molecule has 0 aromatic carbocycles. The highest BCUT2D eigenvalue weighted by Gasteiger charge is 2.51. The molecule has 26 heteroatoms. The highest BCUT2D eigenvalue weighted by Crippen LogP contribution is 2.60. The van der Waals surface area contributed by atoms with Crippen molar-refractivity contribution in [1.82, 2.24) is 19.5 Å². The van der Waals surface area contributed by atoms with Gasteiger partial charge >= 0.3 is 31.3 Å². The lowest BCUT2D eigenvalue weighted by Crippen LogP contribution is -2.36. The molecule has 0 saturated carbocycles. The molecule has 1 aliphatic rings. The highest BCUT2D eigenvalue weighted by molar-refractivity contribution is 7.61. The molecule has 4 unspecified atom stereocenters. The molecule has 0 amide bonds. The summed E-state index contributed by atoms with van der Waals surface area (Å²) in [5.74, 6) is -0.389. The monoisotopic (exact) mass is 603 g/mol. The summed E-state index contributed by atoms with van der Waals surface area (Å²) in [6, 6.07) is 0. The molecular weight excluding hydrogens is 586 g/mol. The second-order valence-corrected chi connectivity index (χ2v) is 12.4. The van der Waals surface area contributed by atoms with Gasteiger partial charge in [-0.25, -0.2) is 23.2 Å². The predicted octanol–water partition coefficient (Wildman–Crippen LogP) is -2.22. The van der Waals surface area contributed by atoms with Crippen molar-refractivity contribution < 1.29 is 75.1 Å². The van der Waals surface area contributed by atoms with Gasteiger partial charge in [0.05, 0.1) is 12.9 Å². The van der Waals surface area contributed by atoms with Gasteiger partial charge in [0.1, 0.15) is 18.3 Å². The van der Waals surface area contributed by atoms with Crippen molar-refractivity contribution in [2.75, 3.05) is 12.3 Å². The number of aliphatic hydroxyl groups excluding tert-OH is 1. The number of aliphatic hydroxyl groups is 1. The van der Waals surface area contributed by atoms with Crippen molar-refractivity contribution >= 4 is 48.4 Å². The van der Waals surface area contributed by atoms with Gasteiger partial charge in [0, 0.05) is 0 Å². The third-order valence-corrected chi connectivity index (χ3v) is 8.45. The van der Waals surface area contributed by atoms with Crippen LogP contribution in [0.1, 0.15) is 6.23 Å². The fourth-order valence-corrected chi connectivity index (χ4v) is 6.37. The Morgan fingerprint density at radius 1 is 1.06 bits per heavy atom. The summed E-state index contributed by atoms with van der Waals surface area (Å²) < 4.78 is 68.0. The third kappa shape index (κ3) is 7.33. The number of phosphoric ester groups is 2. The van der Waals surface area contributed by atoms with Crippen molar-refractivity contribution in [2.45, 2.75) is 24.5 Å². The van der Waals surface area contributed by atoms with E-state index < -0.39 is 68.0 Å². The summed E-state index contributed by atoms with van der Waals surface area (Å²) in [4.78, 5) is 75.7. The van der Waals surface area contributed by atoms with Crippen LogP contribution in [0, 0.1) is 0 Å². The van der Waals surface area contributed by atoms with Crippen molar-refractivity contribution in [2.24, 2.45) is 0 Å². The van der Waals surface area contributed by atoms with Gasteiger partial charge in [-0.15, -0.1) is 0 Å². The van der Waals surface area contributed by atoms with Crippen LogP contribution in [0.25, 0.3) is 11.2 Å². The Kier molecular flexibility index (Phi) is 8.14. The Bertz CT molecular complexity index is 1380. The Morgan fingerprint density at radius 2 is 1.64 bits per heavy atom. The van der Waals surface area contributed by atoms with Crippen LogP contribution >= 0.6 is 31.3 Å². The maximum Gasteiger partial charge on any atom is 0.481 e. The standard InChI is InChI=1S/C10H17N5O17P4/c11-10-13-7-4(8(17)14-10)12-2-15(7)9-5(16)6(30-36(26,27)32-34(21,22)23)3(29-9)1-28-35(24,25)31-33(18,19)20/h2-3,5-6,9,16H,1H2,(H,24,25)(H,26,27)(H2,18,19,20)(H2,21,22,23)(H3,11,13,14,17)/t3-,5?,6?,9-/m1/s1. The molecule has 0 bridgehead atoms. The van der Waals surface area contributed by atoms with Crippen LogP contribution in [-0.2, 0) is 40.7 Å². The SMILES string of the molecule is Nc1nc2c(ncn2[C@@H]2O[C@H](COP(=O)(O)OP(=O)(O)O)C(OP(=O)(O)OP(=O)(O)O)C2O)c(=O)[nH]1. The molecule has 0 radical (unpaired) electrons. The molecule has 36 heavy (non-hydrogen) atoms. The minimum absolute atomic E-state index is 0.281. The van der Waals surface area contributed by atoms with Crippen molar-refractivity contribution in [3.8, 4) is 0 Å². The molecule has 6 atom stereocenters. The topological polar surface area (TPSA) is 346 Å². The smallest absolute Gasteiger partial charge is 0.386 e. The van der Waals surface area contributed by atoms with Crippen LogP contribution < -0.4 is 11.3 Å². The molecule has 3 rings (SSSR count). The first kappa shape index (κ1) is 29.2. The molecular formula is C10H17N5O17P4. The minimum Gasteiger partial charge on any atom is -0.386 e. The van der Waals surface area contributed by atoms with E-state index in [1.807, 2.05) is 0 Å². The quantitative estimate of drug-likeness (QED) is 0.130. The van der Waals surface area contributed by atoms with Crippen molar-refractivity contribution in [3.63, 3.8) is 0 Å². The molecule has 2 aromatic rings. The lowest BCUT2D eigenvalue weighted by Gasteiger charge is -2.23. The molecule has 1 aliphatic heterocycles. The number of ether oxygens (including phenoxy) is 1. The van der Waals surface area contributed by atoms with E-state index in [4.69, 9.17) is 30.0 Å². The first-order chi connectivity index (χ1) is 16.3. The molecule has 204 valence electrons. The van der Waals surface area contributed by atoms with Crippen LogP contribution in [0.2, 0.25) is 0 Å². The van der Waals surface area contributed by atoms with Crippen LogP contribution in [0.15, 0.2) is 11.1 Å². The number of rotatable bonds is 10. The average molecular weight is 603 g/mol. The first-order valence-corrected chi connectivity index (χ1v) is 14.9. The highest BCUT2D eigenvalue weighted by atomic mass is 31.3. The van der Waals surface area contributed by atoms with E-state index in [9.17, 15) is 37.9 Å². The van der Waals surface area contributed by atoms with Gasteiger partial charge < -0.3 is 44.9 Å². The van der Waals surface area contributed by atoms with Gasteiger partial charge in [0.25, 0.3) is 5.56 Å². The molecule has 3 heterocycles. The number of hydrogen-bond donors (Lipinski definition) is 9. The summed E-state index contributed by atoms with van der Waals surface area (Å²) >= 11 is 0. The van der Waals surface area contributed by atoms with Gasteiger partial charge in [0.2, 0.25) is 5.95 Å². The van der Waals surface area contributed by atoms with Gasteiger partial charge in [-0.05, 0) is 0 Å². The number of nitrogens with zero attached hydrogens (tertiary/aromatic N) is 3. The Morgan fingerprint density at radius 3 is 2.22 bits per heavy atom. The summed E-state index contributed by atoms with van der Waals surface area (Å²) in [5, 5.41) is 10.7. The number of anilines is 1. The summed E-state index contributed by atoms with van der Waals surface area (Å²) in [6.45, 7) is -1.23. The van der Waals surface area contributed by atoms with Crippen LogP contribution in [-0.4, -0.2) is 78.9 Å². The van der Waals surface area contributed by atoms with Crippen molar-refractivity contribution in [1.29, 1.82) is 0 Å². The number of nitrogens with two attached hydrogens (primary N) is 1. The number of aromatic amines is 1. The van der Waals surface area contributed by atoms with E-state index in [0.717, 1.165) is 10.9 Å². The number of aromatic nitrogens is 4. The fourth-order valence-electron chi connectivity index (χ4n) is 2.98. The first-order valence-electron chi connectivity index (χ1n) is 8.85. The van der Waals surface area contributed by atoms with Gasteiger partial charge in [-0.1, -0.05) is 0 Å². The van der Waals surface area contributed by atoms with E-state index in [-0.39, 0.29) is 17.1 Å². The second-order valence-electron chi connectivity index (χ2n) is 6.78. The molecule has 1 saturated heterocycles. The zero-order valence-corrected chi connectivity index (χ0v) is 20.6. The molecule has 22 nitrogen and oxygen atoms in total. The van der Waals surface area contributed by atoms with Crippen LogP contribution in [0.4, 0.5) is 5.95 Å². The number of nitrogen functional groups attached to an aromatic ring is 1. The second kappa shape index (κ2) is 10.0. The number of hydrogen-bond acceptors (Lipinski definition) is 14. The maximum absolute atomic E-state index is 12.0. The van der Waals surface area contributed by atoms with Gasteiger partial charge in [0.15, 0.2) is 17.4 Å². The maximum atomic E-state index is 12.0. The summed E-state index contributed by atoms with van der Waals surface area (Å²) in [5.41, 5.74) is 4.09. The Balaban J connectivity index is 1.95. The number of H-pyrrole nitrogens is 1. The van der Waals surface area contributed by atoms with Crippen LogP contribution in [0.3, 0.4) is 0 Å². The normalized spacial score (nSPS) is 26.6. The largest absolute Gasteiger partial charge is 0.481 e. The van der Waals surface area contributed by atoms with Crippen LogP contribution in [0.5, 0.6) is 0 Å². The molecule has 1 fully saturated rings. The lowest BCUT2D eigenvalue weighted by atomic mass is 10.1. The number of fused-ring (bicyclic) bond motifs is 1. The van der Waals surface area contributed by atoms with E-state index in [0.29, 0.717) is 0 Å². The van der Waals surface area contributed by atoms with Gasteiger partial charge in [-0.3, -0.25) is 23.4 Å². The number of imidazole rings is 1. The lowest BCUT2D eigenvalue weighted by molar-refractivity contribution is -0.0501. The Hall–Kier alpha value is -1.41. The molecule has 0 aliphatic carbocycles. The van der Waals surface area contributed by atoms with E-state index >= 15 is 0 Å². The third-order valence-electron chi connectivity index (χ3n) is 4.11. The van der Waals surface area contributed by atoms with Gasteiger partial charge in [-0.2, -0.15) is 13.6 Å². The van der Waals surface area contributed by atoms with E-state index in [2.05, 4.69) is 32.6 Å². The fraction of sp³-hybridized carbons (Fsp3) is 0.500. The summed E-state index contributed by atoms with van der Waals surface area (Å²) in [6.07, 6.45) is -6.91. The molecule has 2 aromatic heterocycles. The number of nitrogens with one attached hydrogen (secondary N) is 1. The zero-order chi connectivity index (χ0) is 27.3. The summed E-state index contributed by atoms with van der Waals surface area (Å²) in [7, 11) is -22.3. The molecule has 0 spiro atoms. The number of phosphoric acid groups is 4. The Labute approximate surface area is 197 Å². The van der Waals surface area contributed by atoms with Crippen molar-refractivity contribution in [3.05, 3.63) is 16.7 Å².